The van der Waals surface area contributed by atoms with Crippen LogP contribution in [0.1, 0.15) is 42.3 Å². The van der Waals surface area contributed by atoms with E-state index in [0.717, 1.165) is 6.42 Å². The predicted octanol–water partition coefficient (Wildman–Crippen LogP) is 1.44. The summed E-state index contributed by atoms with van der Waals surface area (Å²) in [5.41, 5.74) is 10.4. The molecule has 0 amide bonds. The number of hydrogen-bond acceptors (Lipinski definition) is 2. The molecule has 0 aliphatic heterocycles. The summed E-state index contributed by atoms with van der Waals surface area (Å²) in [4.78, 5) is 0. The van der Waals surface area contributed by atoms with Gasteiger partial charge in [-0.25, -0.2) is 0 Å². The maximum atomic E-state index is 6.27. The Hall–Kier alpha value is -0.830. The van der Waals surface area contributed by atoms with Crippen LogP contribution in [0.4, 0.5) is 0 Å². The summed E-state index contributed by atoms with van der Waals surface area (Å²) in [6.07, 6.45) is 5.00. The summed E-state index contributed by atoms with van der Waals surface area (Å²) in [7, 11) is 0. The van der Waals surface area contributed by atoms with Gasteiger partial charge in [-0.15, -0.1) is 0 Å². The molecule has 1 fully saturated rings. The van der Waals surface area contributed by atoms with Crippen LogP contribution in [0.3, 0.4) is 0 Å². The third-order valence-electron chi connectivity index (χ3n) is 3.80. The number of nitrogens with zero attached hydrogens (tertiary/aromatic N) is 1. The lowest BCUT2D eigenvalue weighted by atomic mass is 9.80. The van der Waals surface area contributed by atoms with Crippen molar-refractivity contribution >= 4 is 0 Å². The van der Waals surface area contributed by atoms with Crippen molar-refractivity contribution in [2.24, 2.45) is 11.1 Å². The number of nitrogens with one attached hydrogen (secondary N) is 1. The topological polar surface area (TPSA) is 54.7 Å². The number of nitrogens with two attached hydrogens (primary N) is 1. The van der Waals surface area contributed by atoms with Crippen LogP contribution < -0.4 is 5.73 Å². The van der Waals surface area contributed by atoms with E-state index < -0.39 is 0 Å². The van der Waals surface area contributed by atoms with Crippen LogP contribution in [-0.2, 0) is 6.42 Å². The van der Waals surface area contributed by atoms with Gasteiger partial charge in [-0.2, -0.15) is 5.10 Å². The molecule has 1 spiro atoms. The van der Waals surface area contributed by atoms with Crippen molar-refractivity contribution in [2.45, 2.75) is 38.6 Å². The van der Waals surface area contributed by atoms with Crippen LogP contribution >= 0.6 is 0 Å². The first-order valence-electron chi connectivity index (χ1n) is 5.02. The van der Waals surface area contributed by atoms with Gasteiger partial charge in [-0.05, 0) is 38.0 Å². The van der Waals surface area contributed by atoms with E-state index in [0.29, 0.717) is 5.41 Å². The van der Waals surface area contributed by atoms with Gasteiger partial charge in [0.1, 0.15) is 0 Å². The monoisotopic (exact) mass is 177 g/mol. The summed E-state index contributed by atoms with van der Waals surface area (Å²) < 4.78 is 0. The zero-order chi connectivity index (χ0) is 9.05. The first kappa shape index (κ1) is 7.56. The first-order valence-corrected chi connectivity index (χ1v) is 5.02. The van der Waals surface area contributed by atoms with Crippen LogP contribution in [-0.4, -0.2) is 10.2 Å². The Labute approximate surface area is 77.7 Å². The van der Waals surface area contributed by atoms with Gasteiger partial charge in [-0.1, -0.05) is 0 Å². The first-order chi connectivity index (χ1) is 6.23. The molecule has 1 saturated carbocycles. The minimum atomic E-state index is 0.245. The van der Waals surface area contributed by atoms with Crippen molar-refractivity contribution < 1.29 is 0 Å². The van der Waals surface area contributed by atoms with E-state index in [-0.39, 0.29) is 6.04 Å². The van der Waals surface area contributed by atoms with Crippen LogP contribution in [0.2, 0.25) is 0 Å². The smallest absolute Gasteiger partial charge is 0.0673 e. The molecular formula is C10H15N3. The number of fused-ring (bicyclic) bond motifs is 1. The number of hydrogen-bond donors (Lipinski definition) is 2. The number of rotatable bonds is 0. The molecule has 3 N–H and O–H groups in total. The molecular weight excluding hydrogens is 162 g/mol. The highest BCUT2D eigenvalue weighted by atomic mass is 15.1. The Bertz CT molecular complexity index is 349. The Morgan fingerprint density at radius 1 is 1.46 bits per heavy atom. The Morgan fingerprint density at radius 2 is 2.23 bits per heavy atom. The number of aromatic nitrogens is 2. The fourth-order valence-corrected chi connectivity index (χ4v) is 2.64. The third-order valence-corrected chi connectivity index (χ3v) is 3.80. The second kappa shape index (κ2) is 2.15. The van der Waals surface area contributed by atoms with E-state index in [1.54, 1.807) is 0 Å². The Morgan fingerprint density at radius 3 is 2.92 bits per heavy atom. The molecule has 1 unspecified atom stereocenters. The molecule has 1 aromatic rings. The number of aryl methyl sites for hydroxylation is 2. The Balaban J connectivity index is 2.11. The number of aromatic amines is 1. The lowest BCUT2D eigenvalue weighted by molar-refractivity contribution is 0.352. The fourth-order valence-electron chi connectivity index (χ4n) is 2.64. The largest absolute Gasteiger partial charge is 0.323 e. The van der Waals surface area contributed by atoms with E-state index in [2.05, 4.69) is 17.1 Å². The molecule has 3 nitrogen and oxygen atoms in total. The Kier molecular flexibility index (Phi) is 1.25. The second-order valence-electron chi connectivity index (χ2n) is 4.55. The van der Waals surface area contributed by atoms with E-state index in [4.69, 9.17) is 5.73 Å². The van der Waals surface area contributed by atoms with Crippen LogP contribution in [0, 0.1) is 12.3 Å². The van der Waals surface area contributed by atoms with Gasteiger partial charge in [0.25, 0.3) is 0 Å². The summed E-state index contributed by atoms with van der Waals surface area (Å²) in [5.74, 6) is 0. The molecule has 1 atom stereocenters. The zero-order valence-electron chi connectivity index (χ0n) is 7.93. The molecule has 0 aromatic carbocycles. The average molecular weight is 177 g/mol. The predicted molar refractivity (Wildman–Crippen MR) is 50.2 cm³/mol. The molecule has 0 bridgehead atoms. The highest BCUT2D eigenvalue weighted by Crippen LogP contribution is 2.59. The molecule has 0 radical (unpaired) electrons. The molecule has 1 heterocycles. The van der Waals surface area contributed by atoms with Crippen LogP contribution in [0.5, 0.6) is 0 Å². The van der Waals surface area contributed by atoms with Crippen molar-refractivity contribution in [3.05, 3.63) is 17.0 Å². The van der Waals surface area contributed by atoms with E-state index in [1.165, 1.54) is 36.2 Å². The van der Waals surface area contributed by atoms with Crippen LogP contribution in [0.25, 0.3) is 0 Å². The van der Waals surface area contributed by atoms with E-state index in [1.807, 2.05) is 0 Å². The molecule has 1 aromatic heterocycles. The van der Waals surface area contributed by atoms with Crippen LogP contribution in [0.15, 0.2) is 0 Å². The SMILES string of the molecule is Cc1[nH]nc2c1C(N)C1(CC2)CC1. The van der Waals surface area contributed by atoms with Gasteiger partial charge in [0, 0.05) is 17.3 Å². The molecule has 2 aliphatic carbocycles. The second-order valence-corrected chi connectivity index (χ2v) is 4.55. The standard InChI is InChI=1S/C10H15N3/c1-6-8-7(13-12-6)2-3-10(4-5-10)9(8)11/h9H,2-5,11H2,1H3,(H,12,13). The normalized spacial score (nSPS) is 28.9. The van der Waals surface area contributed by atoms with Gasteiger partial charge in [-0.3, -0.25) is 5.10 Å². The minimum absolute atomic E-state index is 0.245. The highest BCUT2D eigenvalue weighted by Gasteiger charge is 2.51. The molecule has 70 valence electrons. The maximum Gasteiger partial charge on any atom is 0.0673 e. The quantitative estimate of drug-likeness (QED) is 0.630. The van der Waals surface area contributed by atoms with Crippen molar-refractivity contribution in [1.82, 2.24) is 10.2 Å². The zero-order valence-corrected chi connectivity index (χ0v) is 7.93. The lowest BCUT2D eigenvalue weighted by Crippen LogP contribution is -2.28. The highest BCUT2D eigenvalue weighted by molar-refractivity contribution is 5.34. The summed E-state index contributed by atoms with van der Waals surface area (Å²) >= 11 is 0. The molecule has 3 rings (SSSR count). The van der Waals surface area contributed by atoms with Crippen molar-refractivity contribution in [2.75, 3.05) is 0 Å². The van der Waals surface area contributed by atoms with E-state index in [9.17, 15) is 0 Å². The summed E-state index contributed by atoms with van der Waals surface area (Å²) in [6.45, 7) is 2.08. The molecule has 3 heteroatoms. The average Bonchev–Trinajstić information content (AvgIpc) is 2.80. The van der Waals surface area contributed by atoms with E-state index >= 15 is 0 Å². The minimum Gasteiger partial charge on any atom is -0.323 e. The van der Waals surface area contributed by atoms with Crippen molar-refractivity contribution in [1.29, 1.82) is 0 Å². The fraction of sp³-hybridized carbons (Fsp3) is 0.700. The maximum absolute atomic E-state index is 6.27. The molecule has 2 aliphatic rings. The summed E-state index contributed by atoms with van der Waals surface area (Å²) in [5, 5.41) is 7.34. The number of H-pyrrole nitrogens is 1. The third kappa shape index (κ3) is 0.854. The summed E-state index contributed by atoms with van der Waals surface area (Å²) in [6, 6.07) is 0.245. The van der Waals surface area contributed by atoms with Crippen molar-refractivity contribution in [3.8, 4) is 0 Å². The van der Waals surface area contributed by atoms with Gasteiger partial charge < -0.3 is 5.73 Å². The van der Waals surface area contributed by atoms with Gasteiger partial charge in [0.05, 0.1) is 5.69 Å². The molecule has 13 heavy (non-hydrogen) atoms. The lowest BCUT2D eigenvalue weighted by Gasteiger charge is -2.28. The van der Waals surface area contributed by atoms with Gasteiger partial charge in [0.2, 0.25) is 0 Å². The van der Waals surface area contributed by atoms with Crippen molar-refractivity contribution in [3.63, 3.8) is 0 Å². The van der Waals surface area contributed by atoms with Gasteiger partial charge in [0.15, 0.2) is 0 Å². The molecule has 0 saturated heterocycles. The van der Waals surface area contributed by atoms with Gasteiger partial charge >= 0.3 is 0 Å².